The fourth-order valence-corrected chi connectivity index (χ4v) is 0.838. The lowest BCUT2D eigenvalue weighted by Gasteiger charge is -1.93. The second kappa shape index (κ2) is 5.96. The van der Waals surface area contributed by atoms with Gasteiger partial charge in [0.15, 0.2) is 0 Å². The van der Waals surface area contributed by atoms with Gasteiger partial charge in [-0.25, -0.2) is 0 Å². The second-order valence-corrected chi connectivity index (χ2v) is 3.07. The van der Waals surface area contributed by atoms with Gasteiger partial charge in [-0.05, 0) is 13.3 Å². The van der Waals surface area contributed by atoms with Crippen LogP contribution in [0.3, 0.4) is 0 Å². The molecular formula is C10H16N2O2. The van der Waals surface area contributed by atoms with E-state index in [1.165, 1.54) is 0 Å². The molecule has 0 aromatic rings. The molecule has 4 heteroatoms. The van der Waals surface area contributed by atoms with Crippen molar-refractivity contribution in [1.82, 2.24) is 5.32 Å². The number of carbonyl (C=O) groups is 2. The summed E-state index contributed by atoms with van der Waals surface area (Å²) in [5.74, 6) is -0.231. The zero-order valence-corrected chi connectivity index (χ0v) is 8.38. The maximum atomic E-state index is 10.6. The molecule has 1 heterocycles. The highest BCUT2D eigenvalue weighted by molar-refractivity contribution is 5.90. The summed E-state index contributed by atoms with van der Waals surface area (Å²) >= 11 is 0. The summed E-state index contributed by atoms with van der Waals surface area (Å²) in [5, 5.41) is 2.71. The van der Waals surface area contributed by atoms with Gasteiger partial charge in [0.05, 0.1) is 5.92 Å². The van der Waals surface area contributed by atoms with Gasteiger partial charge < -0.3 is 11.1 Å². The zero-order chi connectivity index (χ0) is 11.1. The fourth-order valence-electron chi connectivity index (χ4n) is 0.838. The van der Waals surface area contributed by atoms with Crippen molar-refractivity contribution in [1.29, 1.82) is 0 Å². The Morgan fingerprint density at radius 3 is 2.36 bits per heavy atom. The van der Waals surface area contributed by atoms with E-state index in [0.29, 0.717) is 5.57 Å². The summed E-state index contributed by atoms with van der Waals surface area (Å²) in [6.45, 7) is 9.20. The van der Waals surface area contributed by atoms with E-state index in [0.717, 1.165) is 13.0 Å². The molecule has 1 saturated heterocycles. The van der Waals surface area contributed by atoms with E-state index in [9.17, 15) is 9.59 Å². The van der Waals surface area contributed by atoms with Crippen LogP contribution in [-0.2, 0) is 9.59 Å². The van der Waals surface area contributed by atoms with Crippen LogP contribution in [0.5, 0.6) is 0 Å². The molecule has 0 aromatic heterocycles. The smallest absolute Gasteiger partial charge is 0.243 e. The molecule has 0 aromatic carbocycles. The Hall–Kier alpha value is -1.58. The topological polar surface area (TPSA) is 72.2 Å². The Kier molecular flexibility index (Phi) is 5.29. The normalized spacial score (nSPS) is 18.9. The van der Waals surface area contributed by atoms with Gasteiger partial charge in [-0.1, -0.05) is 12.7 Å². The molecule has 0 saturated carbocycles. The predicted octanol–water partition coefficient (Wildman–Crippen LogP) is 0.356. The Labute approximate surface area is 83.9 Å². The van der Waals surface area contributed by atoms with E-state index >= 15 is 0 Å². The molecule has 78 valence electrons. The van der Waals surface area contributed by atoms with Gasteiger partial charge in [0.2, 0.25) is 11.8 Å². The van der Waals surface area contributed by atoms with Crippen molar-refractivity contribution in [2.45, 2.75) is 13.3 Å². The third-order valence-corrected chi connectivity index (χ3v) is 1.80. The molecule has 0 spiro atoms. The van der Waals surface area contributed by atoms with Gasteiger partial charge in [0.25, 0.3) is 0 Å². The second-order valence-electron chi connectivity index (χ2n) is 3.07. The van der Waals surface area contributed by atoms with Crippen LogP contribution in [0.15, 0.2) is 24.8 Å². The number of nitrogens with two attached hydrogens (primary N) is 1. The van der Waals surface area contributed by atoms with Gasteiger partial charge >= 0.3 is 0 Å². The van der Waals surface area contributed by atoms with Gasteiger partial charge in [0, 0.05) is 12.1 Å². The molecule has 0 bridgehead atoms. The predicted molar refractivity (Wildman–Crippen MR) is 55.3 cm³/mol. The molecule has 1 aliphatic heterocycles. The minimum Gasteiger partial charge on any atom is -0.366 e. The largest absolute Gasteiger partial charge is 0.366 e. The molecule has 1 atom stereocenters. The SMILES string of the molecule is C=C(C)C(N)=O.C=CC1CCNC1=O. The minimum absolute atomic E-state index is 0.0787. The maximum Gasteiger partial charge on any atom is 0.243 e. The Balaban J connectivity index is 0.000000255. The summed E-state index contributed by atoms with van der Waals surface area (Å²) < 4.78 is 0. The van der Waals surface area contributed by atoms with Gasteiger partial charge in [0.1, 0.15) is 0 Å². The van der Waals surface area contributed by atoms with Gasteiger partial charge in [-0.3, -0.25) is 9.59 Å². The average Bonchev–Trinajstić information content (AvgIpc) is 2.51. The van der Waals surface area contributed by atoms with Crippen LogP contribution in [0.4, 0.5) is 0 Å². The standard InChI is InChI=1S/C6H9NO.C4H7NO/c1-2-5-3-4-7-6(5)8;1-3(2)4(5)6/h2,5H,1,3-4H2,(H,7,8);1H2,2H3,(H2,5,6). The molecule has 14 heavy (non-hydrogen) atoms. The number of carbonyl (C=O) groups excluding carboxylic acids is 2. The van der Waals surface area contributed by atoms with E-state index in [2.05, 4.69) is 18.5 Å². The van der Waals surface area contributed by atoms with Crippen LogP contribution in [0.2, 0.25) is 0 Å². The van der Waals surface area contributed by atoms with Crippen molar-refractivity contribution in [3.8, 4) is 0 Å². The molecule has 1 unspecified atom stereocenters. The molecule has 0 aliphatic carbocycles. The first-order valence-corrected chi connectivity index (χ1v) is 4.34. The van der Waals surface area contributed by atoms with Gasteiger partial charge in [-0.15, -0.1) is 6.58 Å². The molecule has 2 amide bonds. The van der Waals surface area contributed by atoms with Crippen molar-refractivity contribution in [2.75, 3.05) is 6.54 Å². The number of nitrogens with one attached hydrogen (secondary N) is 1. The summed E-state index contributed by atoms with van der Waals surface area (Å²) in [6.07, 6.45) is 2.62. The summed E-state index contributed by atoms with van der Waals surface area (Å²) in [4.78, 5) is 20.4. The Bertz CT molecular complexity index is 247. The first kappa shape index (κ1) is 12.4. The van der Waals surface area contributed by atoms with E-state index in [1.54, 1.807) is 13.0 Å². The molecule has 3 N–H and O–H groups in total. The molecule has 4 nitrogen and oxygen atoms in total. The van der Waals surface area contributed by atoms with Crippen LogP contribution in [-0.4, -0.2) is 18.4 Å². The van der Waals surface area contributed by atoms with Crippen LogP contribution in [0.1, 0.15) is 13.3 Å². The van der Waals surface area contributed by atoms with E-state index in [-0.39, 0.29) is 11.8 Å². The van der Waals surface area contributed by atoms with Crippen LogP contribution in [0, 0.1) is 5.92 Å². The lowest BCUT2D eigenvalue weighted by atomic mass is 10.1. The first-order valence-electron chi connectivity index (χ1n) is 4.34. The maximum absolute atomic E-state index is 10.6. The number of amides is 2. The van der Waals surface area contributed by atoms with E-state index in [4.69, 9.17) is 5.73 Å². The molecule has 1 rings (SSSR count). The van der Waals surface area contributed by atoms with Crippen molar-refractivity contribution < 1.29 is 9.59 Å². The highest BCUT2D eigenvalue weighted by Gasteiger charge is 2.19. The minimum atomic E-state index is -0.435. The van der Waals surface area contributed by atoms with Crippen LogP contribution >= 0.6 is 0 Å². The van der Waals surface area contributed by atoms with E-state index in [1.807, 2.05) is 0 Å². The van der Waals surface area contributed by atoms with Gasteiger partial charge in [-0.2, -0.15) is 0 Å². The zero-order valence-electron chi connectivity index (χ0n) is 8.38. The Morgan fingerprint density at radius 1 is 1.71 bits per heavy atom. The molecular weight excluding hydrogens is 180 g/mol. The quantitative estimate of drug-likeness (QED) is 0.494. The average molecular weight is 196 g/mol. The highest BCUT2D eigenvalue weighted by Crippen LogP contribution is 2.08. The number of hydrogen-bond donors (Lipinski definition) is 2. The van der Waals surface area contributed by atoms with Crippen molar-refractivity contribution in [3.05, 3.63) is 24.8 Å². The van der Waals surface area contributed by atoms with Crippen molar-refractivity contribution >= 4 is 11.8 Å². The lowest BCUT2D eigenvalue weighted by molar-refractivity contribution is -0.121. The highest BCUT2D eigenvalue weighted by atomic mass is 16.2. The van der Waals surface area contributed by atoms with Crippen molar-refractivity contribution in [3.63, 3.8) is 0 Å². The van der Waals surface area contributed by atoms with Crippen LogP contribution in [0.25, 0.3) is 0 Å². The van der Waals surface area contributed by atoms with E-state index < -0.39 is 5.91 Å². The number of rotatable bonds is 2. The number of primary amides is 1. The van der Waals surface area contributed by atoms with Crippen molar-refractivity contribution in [2.24, 2.45) is 11.7 Å². The first-order chi connectivity index (χ1) is 6.49. The number of hydrogen-bond acceptors (Lipinski definition) is 2. The lowest BCUT2D eigenvalue weighted by Crippen LogP contribution is -2.17. The summed E-state index contributed by atoms with van der Waals surface area (Å²) in [6, 6.07) is 0. The molecule has 1 aliphatic rings. The molecule has 1 fully saturated rings. The molecule has 0 radical (unpaired) electrons. The van der Waals surface area contributed by atoms with Crippen LogP contribution < -0.4 is 11.1 Å². The Morgan fingerprint density at radius 2 is 2.21 bits per heavy atom. The third-order valence-electron chi connectivity index (χ3n) is 1.80. The monoisotopic (exact) mass is 196 g/mol. The summed E-state index contributed by atoms with van der Waals surface area (Å²) in [7, 11) is 0. The summed E-state index contributed by atoms with van der Waals surface area (Å²) in [5.41, 5.74) is 5.09. The third kappa shape index (κ3) is 4.45. The fraction of sp³-hybridized carbons (Fsp3) is 0.400.